The summed E-state index contributed by atoms with van der Waals surface area (Å²) in [5.74, 6) is -0.155. The van der Waals surface area contributed by atoms with E-state index in [1.807, 2.05) is 30.3 Å². The van der Waals surface area contributed by atoms with Crippen molar-refractivity contribution in [2.24, 2.45) is 5.14 Å². The van der Waals surface area contributed by atoms with E-state index >= 15 is 0 Å². The highest BCUT2D eigenvalue weighted by molar-refractivity contribution is 9.10. The van der Waals surface area contributed by atoms with Gasteiger partial charge in [0.25, 0.3) is 0 Å². The number of anilines is 1. The van der Waals surface area contributed by atoms with Gasteiger partial charge >= 0.3 is 0 Å². The molecule has 4 nitrogen and oxygen atoms in total. The Hall–Kier alpha value is -1.08. The van der Waals surface area contributed by atoms with Crippen molar-refractivity contribution in [2.75, 3.05) is 5.32 Å². The smallest absolute Gasteiger partial charge is 0.213 e. The van der Waals surface area contributed by atoms with E-state index in [4.69, 9.17) is 16.7 Å². The van der Waals surface area contributed by atoms with Crippen molar-refractivity contribution < 1.29 is 8.42 Å². The number of nitrogens with two attached hydrogens (primary N) is 1. The first-order valence-electron chi connectivity index (χ1n) is 6.11. The molecule has 0 aromatic heterocycles. The Balaban J connectivity index is 1.99. The molecule has 2 aromatic carbocycles. The molecular formula is C14H14BrClN2O2S. The van der Waals surface area contributed by atoms with E-state index in [0.29, 0.717) is 17.1 Å². The second-order valence-corrected chi connectivity index (χ2v) is 7.48. The molecule has 0 heterocycles. The molecule has 0 spiro atoms. The van der Waals surface area contributed by atoms with Gasteiger partial charge < -0.3 is 5.32 Å². The van der Waals surface area contributed by atoms with Gasteiger partial charge in [0.2, 0.25) is 10.0 Å². The standard InChI is InChI=1S/C14H14BrClN2O2S/c15-13-7-11(3-6-14(13)16)8-18-12-4-1-10(2-5-12)9-21(17,19)20/h1-7,18H,8-9H2,(H2,17,19,20). The fourth-order valence-corrected chi connectivity index (χ4v) is 3.01. The van der Waals surface area contributed by atoms with E-state index in [1.165, 1.54) is 0 Å². The summed E-state index contributed by atoms with van der Waals surface area (Å²) >= 11 is 9.32. The summed E-state index contributed by atoms with van der Waals surface area (Å²) in [6.45, 7) is 0.643. The van der Waals surface area contributed by atoms with Crippen LogP contribution in [0.15, 0.2) is 46.9 Å². The summed E-state index contributed by atoms with van der Waals surface area (Å²) in [6, 6.07) is 12.9. The summed E-state index contributed by atoms with van der Waals surface area (Å²) < 4.78 is 22.9. The van der Waals surface area contributed by atoms with Crippen LogP contribution in [-0.4, -0.2) is 8.42 Å². The minimum atomic E-state index is -3.49. The molecule has 0 saturated carbocycles. The lowest BCUT2D eigenvalue weighted by molar-refractivity contribution is 0.597. The molecule has 0 aliphatic carbocycles. The molecular weight excluding hydrogens is 376 g/mol. The quantitative estimate of drug-likeness (QED) is 0.822. The molecule has 0 aliphatic rings. The maximum absolute atomic E-state index is 11.0. The second-order valence-electron chi connectivity index (χ2n) is 4.61. The first-order valence-corrected chi connectivity index (χ1v) is 8.99. The van der Waals surface area contributed by atoms with Gasteiger partial charge in [0.1, 0.15) is 0 Å². The topological polar surface area (TPSA) is 72.2 Å². The highest BCUT2D eigenvalue weighted by atomic mass is 79.9. The Morgan fingerprint density at radius 3 is 2.29 bits per heavy atom. The van der Waals surface area contributed by atoms with Crippen LogP contribution in [0.25, 0.3) is 0 Å². The van der Waals surface area contributed by atoms with Gasteiger partial charge in [-0.25, -0.2) is 13.6 Å². The van der Waals surface area contributed by atoms with Crippen LogP contribution in [0.5, 0.6) is 0 Å². The summed E-state index contributed by atoms with van der Waals surface area (Å²) in [7, 11) is -3.49. The lowest BCUT2D eigenvalue weighted by atomic mass is 10.2. The summed E-state index contributed by atoms with van der Waals surface area (Å²) in [4.78, 5) is 0. The zero-order chi connectivity index (χ0) is 15.5. The molecule has 0 atom stereocenters. The van der Waals surface area contributed by atoms with Crippen LogP contribution >= 0.6 is 27.5 Å². The number of nitrogens with one attached hydrogen (secondary N) is 1. The summed E-state index contributed by atoms with van der Waals surface area (Å²) in [5, 5.41) is 8.93. The van der Waals surface area contributed by atoms with Crippen LogP contribution < -0.4 is 10.5 Å². The monoisotopic (exact) mass is 388 g/mol. The Morgan fingerprint density at radius 2 is 1.71 bits per heavy atom. The molecule has 0 amide bonds. The van der Waals surface area contributed by atoms with Crippen molar-refractivity contribution in [3.8, 4) is 0 Å². The number of sulfonamides is 1. The van der Waals surface area contributed by atoms with Crippen molar-refractivity contribution in [3.05, 3.63) is 63.1 Å². The van der Waals surface area contributed by atoms with Crippen LogP contribution in [-0.2, 0) is 22.3 Å². The molecule has 21 heavy (non-hydrogen) atoms. The van der Waals surface area contributed by atoms with Gasteiger partial charge in [0, 0.05) is 16.7 Å². The lowest BCUT2D eigenvalue weighted by Crippen LogP contribution is -2.14. The van der Waals surface area contributed by atoms with Crippen LogP contribution in [0.2, 0.25) is 5.02 Å². The van der Waals surface area contributed by atoms with Gasteiger partial charge in [0.15, 0.2) is 0 Å². The fourth-order valence-electron chi connectivity index (χ4n) is 1.80. The average Bonchev–Trinajstić information content (AvgIpc) is 2.40. The number of halogens is 2. The maximum Gasteiger partial charge on any atom is 0.213 e. The highest BCUT2D eigenvalue weighted by Crippen LogP contribution is 2.23. The fraction of sp³-hybridized carbons (Fsp3) is 0.143. The summed E-state index contributed by atoms with van der Waals surface area (Å²) in [5.41, 5.74) is 2.65. The Bertz CT molecular complexity index is 733. The number of rotatable bonds is 5. The van der Waals surface area contributed by atoms with Gasteiger partial charge in [-0.3, -0.25) is 0 Å². The molecule has 7 heteroatoms. The Morgan fingerprint density at radius 1 is 1.10 bits per heavy atom. The van der Waals surface area contributed by atoms with Crippen LogP contribution in [0, 0.1) is 0 Å². The molecule has 2 rings (SSSR count). The van der Waals surface area contributed by atoms with E-state index in [-0.39, 0.29) is 5.75 Å². The second kappa shape index (κ2) is 6.79. The van der Waals surface area contributed by atoms with Gasteiger partial charge in [-0.1, -0.05) is 29.8 Å². The molecule has 0 unspecified atom stereocenters. The molecule has 112 valence electrons. The molecule has 0 saturated heterocycles. The van der Waals surface area contributed by atoms with Gasteiger partial charge in [-0.05, 0) is 51.3 Å². The third-order valence-electron chi connectivity index (χ3n) is 2.80. The summed E-state index contributed by atoms with van der Waals surface area (Å²) in [6.07, 6.45) is 0. The van der Waals surface area contributed by atoms with Crippen LogP contribution in [0.3, 0.4) is 0 Å². The number of hydrogen-bond acceptors (Lipinski definition) is 3. The van der Waals surface area contributed by atoms with E-state index in [2.05, 4.69) is 21.2 Å². The Labute approximate surface area is 137 Å². The molecule has 0 bridgehead atoms. The molecule has 2 aromatic rings. The molecule has 0 radical (unpaired) electrons. The highest BCUT2D eigenvalue weighted by Gasteiger charge is 2.05. The van der Waals surface area contributed by atoms with Crippen LogP contribution in [0.4, 0.5) is 5.69 Å². The number of primary sulfonamides is 1. The predicted molar refractivity (Wildman–Crippen MR) is 89.7 cm³/mol. The zero-order valence-electron chi connectivity index (χ0n) is 11.0. The van der Waals surface area contributed by atoms with Crippen molar-refractivity contribution in [2.45, 2.75) is 12.3 Å². The van der Waals surface area contributed by atoms with E-state index in [0.717, 1.165) is 15.7 Å². The van der Waals surface area contributed by atoms with Gasteiger partial charge in [0.05, 0.1) is 10.8 Å². The third kappa shape index (κ3) is 5.32. The number of hydrogen-bond donors (Lipinski definition) is 2. The molecule has 3 N–H and O–H groups in total. The maximum atomic E-state index is 11.0. The van der Waals surface area contributed by atoms with Crippen molar-refractivity contribution in [1.82, 2.24) is 0 Å². The van der Waals surface area contributed by atoms with Crippen molar-refractivity contribution in [1.29, 1.82) is 0 Å². The first-order chi connectivity index (χ1) is 9.83. The van der Waals surface area contributed by atoms with Crippen molar-refractivity contribution in [3.63, 3.8) is 0 Å². The van der Waals surface area contributed by atoms with Crippen LogP contribution in [0.1, 0.15) is 11.1 Å². The third-order valence-corrected chi connectivity index (χ3v) is 4.75. The molecule has 0 fully saturated rings. The number of benzene rings is 2. The average molecular weight is 390 g/mol. The first kappa shape index (κ1) is 16.3. The minimum absolute atomic E-state index is 0.155. The van der Waals surface area contributed by atoms with Crippen molar-refractivity contribution >= 4 is 43.2 Å². The minimum Gasteiger partial charge on any atom is -0.381 e. The van der Waals surface area contributed by atoms with E-state index in [9.17, 15) is 8.42 Å². The SMILES string of the molecule is NS(=O)(=O)Cc1ccc(NCc2ccc(Cl)c(Br)c2)cc1. The zero-order valence-corrected chi connectivity index (χ0v) is 14.2. The normalized spacial score (nSPS) is 11.4. The molecule has 0 aliphatic heterocycles. The largest absolute Gasteiger partial charge is 0.381 e. The van der Waals surface area contributed by atoms with Gasteiger partial charge in [-0.2, -0.15) is 0 Å². The predicted octanol–water partition coefficient (Wildman–Crippen LogP) is 3.50. The van der Waals surface area contributed by atoms with Gasteiger partial charge in [-0.15, -0.1) is 0 Å². The Kier molecular flexibility index (Phi) is 5.27. The van der Waals surface area contributed by atoms with E-state index < -0.39 is 10.0 Å². The lowest BCUT2D eigenvalue weighted by Gasteiger charge is -2.08. The van der Waals surface area contributed by atoms with E-state index in [1.54, 1.807) is 12.1 Å².